The van der Waals surface area contributed by atoms with Crippen molar-refractivity contribution in [1.29, 1.82) is 0 Å². The van der Waals surface area contributed by atoms with Gasteiger partial charge < -0.3 is 5.32 Å². The second-order valence-electron chi connectivity index (χ2n) is 6.00. The van der Waals surface area contributed by atoms with Crippen LogP contribution in [0, 0.1) is 5.92 Å². The van der Waals surface area contributed by atoms with Crippen LogP contribution >= 0.6 is 0 Å². The summed E-state index contributed by atoms with van der Waals surface area (Å²) >= 11 is 0. The molecule has 0 aromatic heterocycles. The van der Waals surface area contributed by atoms with Gasteiger partial charge in [-0.2, -0.15) is 0 Å². The van der Waals surface area contributed by atoms with Crippen molar-refractivity contribution in [3.63, 3.8) is 0 Å². The maximum atomic E-state index is 3.75. The summed E-state index contributed by atoms with van der Waals surface area (Å²) in [5.41, 5.74) is 0.268. The Hall–Kier alpha value is -0.300. The fourth-order valence-corrected chi connectivity index (χ4v) is 1.80. The molecule has 0 spiro atoms. The number of nitrogens with one attached hydrogen (secondary N) is 1. The lowest BCUT2D eigenvalue weighted by atomic mass is 9.98. The van der Waals surface area contributed by atoms with Gasteiger partial charge in [-0.15, -0.1) is 6.58 Å². The quantitative estimate of drug-likeness (QED) is 0.449. The number of hydrogen-bond acceptors (Lipinski definition) is 1. The molecule has 16 heavy (non-hydrogen) atoms. The Morgan fingerprint density at radius 3 is 2.38 bits per heavy atom. The normalized spacial score (nSPS) is 13.8. The lowest BCUT2D eigenvalue weighted by Crippen LogP contribution is -2.36. The molecule has 0 rings (SSSR count). The van der Waals surface area contributed by atoms with Crippen LogP contribution in [0.5, 0.6) is 0 Å². The second-order valence-corrected chi connectivity index (χ2v) is 6.00. The summed E-state index contributed by atoms with van der Waals surface area (Å²) < 4.78 is 0. The molecule has 0 radical (unpaired) electrons. The Balaban J connectivity index is 3.31. The third kappa shape index (κ3) is 11.8. The Morgan fingerprint density at radius 2 is 1.81 bits per heavy atom. The first-order chi connectivity index (χ1) is 7.45. The van der Waals surface area contributed by atoms with Crippen molar-refractivity contribution in [3.05, 3.63) is 12.7 Å². The topological polar surface area (TPSA) is 12.0 Å². The first kappa shape index (κ1) is 15.7. The van der Waals surface area contributed by atoms with E-state index in [9.17, 15) is 0 Å². The summed E-state index contributed by atoms with van der Waals surface area (Å²) in [5.74, 6) is 0.860. The average Bonchev–Trinajstić information content (AvgIpc) is 2.15. The molecule has 0 aromatic carbocycles. The molecule has 0 amide bonds. The number of allylic oxidation sites excluding steroid dienone is 1. The zero-order valence-corrected chi connectivity index (χ0v) is 11.8. The van der Waals surface area contributed by atoms with Gasteiger partial charge in [0, 0.05) is 5.54 Å². The van der Waals surface area contributed by atoms with Crippen LogP contribution in [0.25, 0.3) is 0 Å². The van der Waals surface area contributed by atoms with Crippen molar-refractivity contribution in [3.8, 4) is 0 Å². The van der Waals surface area contributed by atoms with Crippen molar-refractivity contribution in [2.75, 3.05) is 6.54 Å². The molecule has 0 saturated heterocycles. The van der Waals surface area contributed by atoms with Gasteiger partial charge >= 0.3 is 0 Å². The van der Waals surface area contributed by atoms with Crippen molar-refractivity contribution in [2.24, 2.45) is 5.92 Å². The van der Waals surface area contributed by atoms with Crippen LogP contribution in [-0.2, 0) is 0 Å². The van der Waals surface area contributed by atoms with E-state index in [0.29, 0.717) is 0 Å². The third-order valence-electron chi connectivity index (χ3n) is 2.90. The minimum atomic E-state index is 0.268. The SMILES string of the molecule is C=CCCCCCC(C)CCNC(C)(C)C. The number of unbranched alkanes of at least 4 members (excludes halogenated alkanes) is 3. The molecule has 1 atom stereocenters. The highest BCUT2D eigenvalue weighted by molar-refractivity contribution is 4.70. The molecule has 0 saturated carbocycles. The Morgan fingerprint density at radius 1 is 1.12 bits per heavy atom. The summed E-state index contributed by atoms with van der Waals surface area (Å²) in [6.45, 7) is 14.0. The van der Waals surface area contributed by atoms with Crippen molar-refractivity contribution in [2.45, 2.75) is 71.8 Å². The zero-order valence-electron chi connectivity index (χ0n) is 11.8. The van der Waals surface area contributed by atoms with Crippen molar-refractivity contribution < 1.29 is 0 Å². The molecule has 1 N–H and O–H groups in total. The van der Waals surface area contributed by atoms with Gasteiger partial charge in [-0.05, 0) is 52.5 Å². The second kappa shape index (κ2) is 8.81. The monoisotopic (exact) mass is 225 g/mol. The van der Waals surface area contributed by atoms with Crippen LogP contribution in [0.4, 0.5) is 0 Å². The van der Waals surface area contributed by atoms with Gasteiger partial charge in [0.05, 0.1) is 0 Å². The molecule has 0 fully saturated rings. The highest BCUT2D eigenvalue weighted by Crippen LogP contribution is 2.13. The van der Waals surface area contributed by atoms with Crippen LogP contribution in [-0.4, -0.2) is 12.1 Å². The predicted molar refractivity (Wildman–Crippen MR) is 74.8 cm³/mol. The third-order valence-corrected chi connectivity index (χ3v) is 2.90. The lowest BCUT2D eigenvalue weighted by Gasteiger charge is -2.21. The van der Waals surface area contributed by atoms with E-state index < -0.39 is 0 Å². The van der Waals surface area contributed by atoms with E-state index in [4.69, 9.17) is 0 Å². The molecule has 0 aliphatic heterocycles. The molecule has 0 bridgehead atoms. The minimum absolute atomic E-state index is 0.268. The predicted octanol–water partition coefficient (Wildman–Crippen LogP) is 4.54. The van der Waals surface area contributed by atoms with Crippen LogP contribution in [0.2, 0.25) is 0 Å². The van der Waals surface area contributed by atoms with Gasteiger partial charge in [-0.1, -0.05) is 32.3 Å². The summed E-state index contributed by atoms with van der Waals surface area (Å²) in [6, 6.07) is 0. The largest absolute Gasteiger partial charge is 0.312 e. The molecule has 96 valence electrons. The van der Waals surface area contributed by atoms with Gasteiger partial charge in [0.2, 0.25) is 0 Å². The summed E-state index contributed by atoms with van der Waals surface area (Å²) in [4.78, 5) is 0. The summed E-state index contributed by atoms with van der Waals surface area (Å²) in [5, 5.41) is 3.55. The summed E-state index contributed by atoms with van der Waals surface area (Å²) in [7, 11) is 0. The van der Waals surface area contributed by atoms with E-state index in [2.05, 4.69) is 39.6 Å². The highest BCUT2D eigenvalue weighted by Gasteiger charge is 2.09. The summed E-state index contributed by atoms with van der Waals surface area (Å²) in [6.07, 6.45) is 9.95. The van der Waals surface area contributed by atoms with Crippen LogP contribution < -0.4 is 5.32 Å². The highest BCUT2D eigenvalue weighted by atomic mass is 14.9. The van der Waals surface area contributed by atoms with E-state index >= 15 is 0 Å². The Bertz CT molecular complexity index is 167. The van der Waals surface area contributed by atoms with E-state index in [1.165, 1.54) is 38.5 Å². The van der Waals surface area contributed by atoms with Crippen LogP contribution in [0.15, 0.2) is 12.7 Å². The molecule has 1 nitrogen and oxygen atoms in total. The fourth-order valence-electron chi connectivity index (χ4n) is 1.80. The smallest absolute Gasteiger partial charge is 0.00965 e. The first-order valence-corrected chi connectivity index (χ1v) is 6.81. The molecule has 1 unspecified atom stereocenters. The number of hydrogen-bond donors (Lipinski definition) is 1. The maximum Gasteiger partial charge on any atom is 0.00965 e. The van der Waals surface area contributed by atoms with Gasteiger partial charge in [0.1, 0.15) is 0 Å². The fraction of sp³-hybridized carbons (Fsp3) is 0.867. The van der Waals surface area contributed by atoms with E-state index in [0.717, 1.165) is 12.5 Å². The molecular formula is C15H31N. The molecule has 0 aromatic rings. The Kier molecular flexibility index (Phi) is 8.64. The van der Waals surface area contributed by atoms with Gasteiger partial charge in [-0.3, -0.25) is 0 Å². The van der Waals surface area contributed by atoms with E-state index in [-0.39, 0.29) is 5.54 Å². The van der Waals surface area contributed by atoms with Gasteiger partial charge in [0.25, 0.3) is 0 Å². The Labute approximate surface area is 103 Å². The maximum absolute atomic E-state index is 3.75. The first-order valence-electron chi connectivity index (χ1n) is 6.81. The van der Waals surface area contributed by atoms with E-state index in [1.54, 1.807) is 0 Å². The zero-order chi connectivity index (χ0) is 12.4. The van der Waals surface area contributed by atoms with Gasteiger partial charge in [0.15, 0.2) is 0 Å². The van der Waals surface area contributed by atoms with E-state index in [1.807, 2.05) is 6.08 Å². The standard InChI is InChI=1S/C15H31N/c1-6-7-8-9-10-11-14(2)12-13-16-15(3,4)5/h6,14,16H,1,7-13H2,2-5H3. The molecular weight excluding hydrogens is 194 g/mol. The van der Waals surface area contributed by atoms with Crippen molar-refractivity contribution in [1.82, 2.24) is 5.32 Å². The van der Waals surface area contributed by atoms with Crippen LogP contribution in [0.3, 0.4) is 0 Å². The molecule has 0 aliphatic rings. The lowest BCUT2D eigenvalue weighted by molar-refractivity contribution is 0.380. The van der Waals surface area contributed by atoms with Gasteiger partial charge in [-0.25, -0.2) is 0 Å². The number of rotatable bonds is 9. The minimum Gasteiger partial charge on any atom is -0.312 e. The molecule has 0 heterocycles. The molecule has 1 heteroatoms. The molecule has 0 aliphatic carbocycles. The van der Waals surface area contributed by atoms with Crippen LogP contribution in [0.1, 0.15) is 66.2 Å². The average molecular weight is 225 g/mol. The van der Waals surface area contributed by atoms with Crippen molar-refractivity contribution >= 4 is 0 Å².